The lowest BCUT2D eigenvalue weighted by Crippen LogP contribution is -2.05. The first-order valence-corrected chi connectivity index (χ1v) is 7.43. The molecule has 0 amide bonds. The number of hydrogen-bond donors (Lipinski definition) is 2. The van der Waals surface area contributed by atoms with Crippen molar-refractivity contribution in [1.29, 1.82) is 0 Å². The Kier molecular flexibility index (Phi) is 3.35. The second kappa shape index (κ2) is 5.66. The van der Waals surface area contributed by atoms with Crippen LogP contribution < -0.4 is 10.3 Å². The highest BCUT2D eigenvalue weighted by atomic mass is 16.5. The molecule has 6 heteroatoms. The largest absolute Gasteiger partial charge is 0.497 e. The van der Waals surface area contributed by atoms with Crippen LogP contribution in [-0.2, 0) is 0 Å². The van der Waals surface area contributed by atoms with Crippen LogP contribution in [-0.4, -0.2) is 27.3 Å². The lowest BCUT2D eigenvalue weighted by atomic mass is 10.1. The Hall–Kier alpha value is -3.41. The maximum absolute atomic E-state index is 11.1. The average molecular weight is 318 g/mol. The molecule has 2 aromatic carbocycles. The van der Waals surface area contributed by atoms with Crippen LogP contribution in [0.4, 0.5) is 0 Å². The molecule has 2 N–H and O–H groups in total. The molecule has 0 atom stereocenters. The predicted octanol–water partition coefficient (Wildman–Crippen LogP) is 2.99. The van der Waals surface area contributed by atoms with Crippen molar-refractivity contribution in [1.82, 2.24) is 20.2 Å². The topological polar surface area (TPSA) is 83.7 Å². The van der Waals surface area contributed by atoms with Gasteiger partial charge in [-0.15, -0.1) is 0 Å². The maximum atomic E-state index is 11.1. The molecule has 0 aliphatic heterocycles. The Balaban J connectivity index is 1.75. The van der Waals surface area contributed by atoms with Crippen molar-refractivity contribution in [3.63, 3.8) is 0 Å². The van der Waals surface area contributed by atoms with E-state index >= 15 is 0 Å². The number of nitrogens with zero attached hydrogens (tertiary/aromatic N) is 2. The third-order valence-corrected chi connectivity index (χ3v) is 3.82. The maximum Gasteiger partial charge on any atom is 0.264 e. The van der Waals surface area contributed by atoms with Crippen molar-refractivity contribution in [3.05, 3.63) is 65.0 Å². The van der Waals surface area contributed by atoms with Gasteiger partial charge in [0.2, 0.25) is 0 Å². The van der Waals surface area contributed by atoms with Crippen molar-refractivity contribution in [2.75, 3.05) is 7.11 Å². The lowest BCUT2D eigenvalue weighted by molar-refractivity contribution is 0.415. The molecule has 0 radical (unpaired) electrons. The molecule has 0 aliphatic rings. The summed E-state index contributed by atoms with van der Waals surface area (Å²) in [6.45, 7) is 0. The molecule has 0 bridgehead atoms. The van der Waals surface area contributed by atoms with Gasteiger partial charge in [0.1, 0.15) is 11.6 Å². The van der Waals surface area contributed by atoms with Crippen molar-refractivity contribution in [3.8, 4) is 28.4 Å². The minimum Gasteiger partial charge on any atom is -0.497 e. The summed E-state index contributed by atoms with van der Waals surface area (Å²) in [5.74, 6) is 1.60. The zero-order chi connectivity index (χ0) is 16.5. The number of benzene rings is 2. The Morgan fingerprint density at radius 1 is 0.958 bits per heavy atom. The van der Waals surface area contributed by atoms with Gasteiger partial charge in [0.05, 0.1) is 23.8 Å². The zero-order valence-corrected chi connectivity index (χ0v) is 12.9. The lowest BCUT2D eigenvalue weighted by Gasteiger charge is -2.00. The van der Waals surface area contributed by atoms with E-state index in [1.54, 1.807) is 13.2 Å². The molecule has 0 unspecified atom stereocenters. The van der Waals surface area contributed by atoms with Gasteiger partial charge in [-0.25, -0.2) is 10.1 Å². The van der Waals surface area contributed by atoms with Crippen molar-refractivity contribution in [2.24, 2.45) is 0 Å². The molecule has 6 nitrogen and oxygen atoms in total. The first kappa shape index (κ1) is 14.2. The summed E-state index contributed by atoms with van der Waals surface area (Å²) in [4.78, 5) is 19.1. The van der Waals surface area contributed by atoms with Gasteiger partial charge in [0, 0.05) is 17.2 Å². The Morgan fingerprint density at radius 3 is 2.46 bits per heavy atom. The number of imidazole rings is 1. The number of hydrogen-bond acceptors (Lipinski definition) is 4. The number of fused-ring (bicyclic) bond motifs is 1. The summed E-state index contributed by atoms with van der Waals surface area (Å²) in [5, 5.41) is 6.50. The van der Waals surface area contributed by atoms with Crippen LogP contribution in [0.1, 0.15) is 0 Å². The van der Waals surface area contributed by atoms with Crippen LogP contribution in [0.15, 0.2) is 59.4 Å². The average Bonchev–Trinajstić information content (AvgIpc) is 3.05. The van der Waals surface area contributed by atoms with E-state index in [0.29, 0.717) is 5.69 Å². The van der Waals surface area contributed by atoms with E-state index in [0.717, 1.165) is 33.7 Å². The van der Waals surface area contributed by atoms with E-state index < -0.39 is 0 Å². The fourth-order valence-electron chi connectivity index (χ4n) is 2.56. The third-order valence-electron chi connectivity index (χ3n) is 3.82. The molecule has 0 fully saturated rings. The van der Waals surface area contributed by atoms with Crippen LogP contribution in [0.5, 0.6) is 5.75 Å². The highest BCUT2D eigenvalue weighted by Gasteiger charge is 2.08. The van der Waals surface area contributed by atoms with Crippen molar-refractivity contribution in [2.45, 2.75) is 0 Å². The third kappa shape index (κ3) is 2.54. The van der Waals surface area contributed by atoms with Crippen LogP contribution >= 0.6 is 0 Å². The number of nitrogens with one attached hydrogen (secondary N) is 2. The highest BCUT2D eigenvalue weighted by molar-refractivity contribution is 5.83. The summed E-state index contributed by atoms with van der Waals surface area (Å²) in [6.07, 6.45) is 0. The minimum atomic E-state index is -0.219. The van der Waals surface area contributed by atoms with E-state index in [4.69, 9.17) is 4.74 Å². The van der Waals surface area contributed by atoms with Crippen molar-refractivity contribution >= 4 is 11.0 Å². The van der Waals surface area contributed by atoms with E-state index in [1.807, 2.05) is 42.5 Å². The number of methoxy groups -OCH3 is 1. The van der Waals surface area contributed by atoms with Crippen LogP contribution in [0.3, 0.4) is 0 Å². The van der Waals surface area contributed by atoms with Gasteiger partial charge in [-0.2, -0.15) is 5.10 Å². The molecule has 0 saturated carbocycles. The quantitative estimate of drug-likeness (QED) is 0.608. The number of rotatable bonds is 3. The van der Waals surface area contributed by atoms with Gasteiger partial charge < -0.3 is 9.72 Å². The number of H-pyrrole nitrogens is 2. The first-order chi connectivity index (χ1) is 11.7. The van der Waals surface area contributed by atoms with E-state index in [2.05, 4.69) is 20.2 Å². The Morgan fingerprint density at radius 2 is 1.75 bits per heavy atom. The second-order valence-corrected chi connectivity index (χ2v) is 5.35. The fraction of sp³-hybridized carbons (Fsp3) is 0.0556. The summed E-state index contributed by atoms with van der Waals surface area (Å²) in [6, 6.07) is 16.7. The summed E-state index contributed by atoms with van der Waals surface area (Å²) < 4.78 is 5.17. The molecule has 0 spiro atoms. The molecule has 2 aromatic heterocycles. The number of ether oxygens (including phenoxy) is 1. The van der Waals surface area contributed by atoms with Gasteiger partial charge >= 0.3 is 0 Å². The van der Waals surface area contributed by atoms with Gasteiger partial charge in [-0.05, 0) is 42.5 Å². The normalized spacial score (nSPS) is 10.9. The van der Waals surface area contributed by atoms with Crippen LogP contribution in [0.25, 0.3) is 33.7 Å². The molecule has 4 rings (SSSR count). The standard InChI is InChI=1S/C18H14N4O2/c1-24-13-5-2-11(3-6-13)18-19-15-7-4-12(10-16(15)20-18)14-8-9-17(23)22-21-14/h2-10H,1H3,(H,19,20)(H,22,23). The van der Waals surface area contributed by atoms with Gasteiger partial charge in [-0.1, -0.05) is 6.07 Å². The van der Waals surface area contributed by atoms with Gasteiger partial charge in [0.15, 0.2) is 0 Å². The number of aromatic nitrogens is 4. The Labute approximate surface area is 137 Å². The van der Waals surface area contributed by atoms with E-state index in [9.17, 15) is 4.79 Å². The smallest absolute Gasteiger partial charge is 0.264 e. The predicted molar refractivity (Wildman–Crippen MR) is 91.9 cm³/mol. The summed E-state index contributed by atoms with van der Waals surface area (Å²) >= 11 is 0. The minimum absolute atomic E-state index is 0.219. The molecular weight excluding hydrogens is 304 g/mol. The molecule has 4 aromatic rings. The molecule has 2 heterocycles. The van der Waals surface area contributed by atoms with E-state index in [1.165, 1.54) is 6.07 Å². The number of aromatic amines is 2. The molecule has 0 aliphatic carbocycles. The van der Waals surface area contributed by atoms with Crippen LogP contribution in [0.2, 0.25) is 0 Å². The van der Waals surface area contributed by atoms with Gasteiger partial charge in [-0.3, -0.25) is 4.79 Å². The van der Waals surface area contributed by atoms with E-state index in [-0.39, 0.29) is 5.56 Å². The van der Waals surface area contributed by atoms with Crippen molar-refractivity contribution < 1.29 is 4.74 Å². The SMILES string of the molecule is COc1ccc(-c2nc3ccc(-c4ccc(=O)[nH]n4)cc3[nH]2)cc1. The molecule has 118 valence electrons. The second-order valence-electron chi connectivity index (χ2n) is 5.35. The molecule has 24 heavy (non-hydrogen) atoms. The summed E-state index contributed by atoms with van der Waals surface area (Å²) in [5.41, 5.74) is 4.15. The first-order valence-electron chi connectivity index (χ1n) is 7.43. The fourth-order valence-corrected chi connectivity index (χ4v) is 2.56. The van der Waals surface area contributed by atoms with Gasteiger partial charge in [0.25, 0.3) is 5.56 Å². The molecule has 0 saturated heterocycles. The molecular formula is C18H14N4O2. The Bertz CT molecular complexity index is 1040. The summed E-state index contributed by atoms with van der Waals surface area (Å²) in [7, 11) is 1.64. The zero-order valence-electron chi connectivity index (χ0n) is 12.9. The monoisotopic (exact) mass is 318 g/mol. The highest BCUT2D eigenvalue weighted by Crippen LogP contribution is 2.25. The van der Waals surface area contributed by atoms with Crippen LogP contribution in [0, 0.1) is 0 Å².